The SMILES string of the molecule is CC(C)C1CCCCC1Nc1ccc(N)cc1C#N. The summed E-state index contributed by atoms with van der Waals surface area (Å²) in [5, 5.41) is 12.8. The quantitative estimate of drug-likeness (QED) is 0.810. The van der Waals surface area contributed by atoms with Gasteiger partial charge in [-0.05, 0) is 42.9 Å². The zero-order valence-electron chi connectivity index (χ0n) is 11.8. The van der Waals surface area contributed by atoms with Crippen LogP contribution in [0.3, 0.4) is 0 Å². The smallest absolute Gasteiger partial charge is 0.101 e. The lowest BCUT2D eigenvalue weighted by Gasteiger charge is -2.35. The van der Waals surface area contributed by atoms with E-state index in [0.29, 0.717) is 29.1 Å². The van der Waals surface area contributed by atoms with Crippen molar-refractivity contribution in [1.82, 2.24) is 0 Å². The van der Waals surface area contributed by atoms with Gasteiger partial charge in [-0.1, -0.05) is 26.7 Å². The Kier molecular flexibility index (Phi) is 4.31. The van der Waals surface area contributed by atoms with Crippen LogP contribution in [-0.4, -0.2) is 6.04 Å². The summed E-state index contributed by atoms with van der Waals surface area (Å²) in [7, 11) is 0. The summed E-state index contributed by atoms with van der Waals surface area (Å²) < 4.78 is 0. The fourth-order valence-electron chi connectivity index (χ4n) is 3.12. The van der Waals surface area contributed by atoms with E-state index in [9.17, 15) is 5.26 Å². The number of nitrogens with one attached hydrogen (secondary N) is 1. The van der Waals surface area contributed by atoms with Crippen molar-refractivity contribution < 1.29 is 0 Å². The first-order chi connectivity index (χ1) is 9.11. The van der Waals surface area contributed by atoms with Crippen LogP contribution in [0.5, 0.6) is 0 Å². The number of nitriles is 1. The minimum absolute atomic E-state index is 0.476. The van der Waals surface area contributed by atoms with Gasteiger partial charge in [-0.15, -0.1) is 0 Å². The molecule has 1 aliphatic rings. The molecule has 3 nitrogen and oxygen atoms in total. The molecule has 3 N–H and O–H groups in total. The lowest BCUT2D eigenvalue weighted by atomic mass is 9.77. The topological polar surface area (TPSA) is 61.8 Å². The van der Waals surface area contributed by atoms with Crippen LogP contribution in [0, 0.1) is 23.2 Å². The molecule has 1 aromatic rings. The van der Waals surface area contributed by atoms with Crippen LogP contribution in [0.15, 0.2) is 18.2 Å². The first-order valence-corrected chi connectivity index (χ1v) is 7.18. The second kappa shape index (κ2) is 5.97. The Morgan fingerprint density at radius 1 is 1.32 bits per heavy atom. The molecule has 3 heteroatoms. The molecule has 2 atom stereocenters. The molecule has 0 aromatic heterocycles. The molecule has 1 saturated carbocycles. The highest BCUT2D eigenvalue weighted by atomic mass is 14.9. The van der Waals surface area contributed by atoms with Gasteiger partial charge >= 0.3 is 0 Å². The Morgan fingerprint density at radius 2 is 2.05 bits per heavy atom. The van der Waals surface area contributed by atoms with E-state index in [1.807, 2.05) is 12.1 Å². The van der Waals surface area contributed by atoms with Crippen LogP contribution >= 0.6 is 0 Å². The van der Waals surface area contributed by atoms with E-state index >= 15 is 0 Å². The third-order valence-electron chi connectivity index (χ3n) is 4.18. The van der Waals surface area contributed by atoms with Gasteiger partial charge in [0.05, 0.1) is 11.3 Å². The lowest BCUT2D eigenvalue weighted by Crippen LogP contribution is -2.35. The van der Waals surface area contributed by atoms with Crippen molar-refractivity contribution in [3.63, 3.8) is 0 Å². The second-order valence-corrected chi connectivity index (χ2v) is 5.86. The molecule has 0 saturated heterocycles. The van der Waals surface area contributed by atoms with E-state index in [1.165, 1.54) is 25.7 Å². The van der Waals surface area contributed by atoms with Gasteiger partial charge in [0.2, 0.25) is 0 Å². The summed E-state index contributed by atoms with van der Waals surface area (Å²) in [6, 6.07) is 8.24. The number of nitrogen functional groups attached to an aromatic ring is 1. The zero-order valence-corrected chi connectivity index (χ0v) is 11.8. The normalized spacial score (nSPS) is 23.1. The molecule has 1 fully saturated rings. The Labute approximate surface area is 115 Å². The van der Waals surface area contributed by atoms with Gasteiger partial charge in [0.25, 0.3) is 0 Å². The lowest BCUT2D eigenvalue weighted by molar-refractivity contribution is 0.254. The third-order valence-corrected chi connectivity index (χ3v) is 4.18. The first-order valence-electron chi connectivity index (χ1n) is 7.18. The molecule has 0 aliphatic heterocycles. The Balaban J connectivity index is 2.17. The number of hydrogen-bond donors (Lipinski definition) is 2. The zero-order chi connectivity index (χ0) is 13.8. The van der Waals surface area contributed by atoms with Gasteiger partial charge in [-0.3, -0.25) is 0 Å². The van der Waals surface area contributed by atoms with Crippen LogP contribution < -0.4 is 11.1 Å². The number of rotatable bonds is 3. The standard InChI is InChI=1S/C16H23N3/c1-11(2)14-5-3-4-6-16(14)19-15-8-7-13(18)9-12(15)10-17/h7-9,11,14,16,19H,3-6,18H2,1-2H3. The first kappa shape index (κ1) is 13.7. The van der Waals surface area contributed by atoms with Crippen LogP contribution in [0.4, 0.5) is 11.4 Å². The third kappa shape index (κ3) is 3.20. The molecule has 102 valence electrons. The number of hydrogen-bond acceptors (Lipinski definition) is 3. The van der Waals surface area contributed by atoms with Gasteiger partial charge in [0.1, 0.15) is 6.07 Å². The van der Waals surface area contributed by atoms with Crippen molar-refractivity contribution in [3.8, 4) is 6.07 Å². The minimum atomic E-state index is 0.476. The highest BCUT2D eigenvalue weighted by Crippen LogP contribution is 2.33. The molecule has 2 rings (SSSR count). The maximum absolute atomic E-state index is 9.20. The summed E-state index contributed by atoms with van der Waals surface area (Å²) in [5.41, 5.74) is 7.95. The Bertz CT molecular complexity index is 473. The van der Waals surface area contributed by atoms with Crippen molar-refractivity contribution in [2.24, 2.45) is 11.8 Å². The van der Waals surface area contributed by atoms with E-state index in [4.69, 9.17) is 5.73 Å². The van der Waals surface area contributed by atoms with Crippen LogP contribution in [-0.2, 0) is 0 Å². The molecule has 0 heterocycles. The van der Waals surface area contributed by atoms with Gasteiger partial charge in [0.15, 0.2) is 0 Å². The van der Waals surface area contributed by atoms with E-state index in [1.54, 1.807) is 6.07 Å². The molecule has 2 unspecified atom stereocenters. The number of nitrogens with zero attached hydrogens (tertiary/aromatic N) is 1. The van der Waals surface area contributed by atoms with Gasteiger partial charge in [0, 0.05) is 11.7 Å². The molecule has 0 radical (unpaired) electrons. The van der Waals surface area contributed by atoms with Crippen molar-refractivity contribution in [2.45, 2.75) is 45.6 Å². The molecular formula is C16H23N3. The Morgan fingerprint density at radius 3 is 2.74 bits per heavy atom. The molecule has 0 spiro atoms. The second-order valence-electron chi connectivity index (χ2n) is 5.86. The van der Waals surface area contributed by atoms with Crippen LogP contribution in [0.25, 0.3) is 0 Å². The fourth-order valence-corrected chi connectivity index (χ4v) is 3.12. The van der Waals surface area contributed by atoms with Gasteiger partial charge < -0.3 is 11.1 Å². The van der Waals surface area contributed by atoms with Crippen molar-refractivity contribution in [3.05, 3.63) is 23.8 Å². The van der Waals surface area contributed by atoms with Crippen molar-refractivity contribution in [1.29, 1.82) is 5.26 Å². The highest BCUT2D eigenvalue weighted by molar-refractivity contribution is 5.63. The summed E-state index contributed by atoms with van der Waals surface area (Å²) >= 11 is 0. The Hall–Kier alpha value is -1.69. The van der Waals surface area contributed by atoms with Crippen molar-refractivity contribution in [2.75, 3.05) is 11.1 Å². The number of benzene rings is 1. The average molecular weight is 257 g/mol. The predicted octanol–water partition coefficient (Wildman–Crippen LogP) is 3.77. The fraction of sp³-hybridized carbons (Fsp3) is 0.562. The summed E-state index contributed by atoms with van der Waals surface area (Å²) in [5.74, 6) is 1.37. The molecule has 1 aliphatic carbocycles. The summed E-state index contributed by atoms with van der Waals surface area (Å²) in [6.45, 7) is 4.58. The average Bonchev–Trinajstić information content (AvgIpc) is 2.41. The number of anilines is 2. The summed E-state index contributed by atoms with van der Waals surface area (Å²) in [6.07, 6.45) is 5.08. The molecule has 0 bridgehead atoms. The van der Waals surface area contributed by atoms with Crippen LogP contribution in [0.1, 0.15) is 45.1 Å². The molecule has 1 aromatic carbocycles. The van der Waals surface area contributed by atoms with Crippen LogP contribution in [0.2, 0.25) is 0 Å². The maximum atomic E-state index is 9.20. The number of nitrogens with two attached hydrogens (primary N) is 1. The molecular weight excluding hydrogens is 234 g/mol. The molecule has 0 amide bonds. The van der Waals surface area contributed by atoms with Crippen molar-refractivity contribution >= 4 is 11.4 Å². The van der Waals surface area contributed by atoms with E-state index in [-0.39, 0.29) is 0 Å². The maximum Gasteiger partial charge on any atom is 0.101 e. The monoisotopic (exact) mass is 257 g/mol. The molecule has 19 heavy (non-hydrogen) atoms. The summed E-state index contributed by atoms with van der Waals surface area (Å²) in [4.78, 5) is 0. The van der Waals surface area contributed by atoms with Gasteiger partial charge in [-0.25, -0.2) is 0 Å². The van der Waals surface area contributed by atoms with Gasteiger partial charge in [-0.2, -0.15) is 5.26 Å². The van der Waals surface area contributed by atoms with E-state index in [0.717, 1.165) is 5.69 Å². The highest BCUT2D eigenvalue weighted by Gasteiger charge is 2.27. The van der Waals surface area contributed by atoms with E-state index in [2.05, 4.69) is 25.2 Å². The van der Waals surface area contributed by atoms with E-state index < -0.39 is 0 Å². The minimum Gasteiger partial charge on any atom is -0.399 e. The predicted molar refractivity (Wildman–Crippen MR) is 79.8 cm³/mol. The largest absolute Gasteiger partial charge is 0.399 e.